The van der Waals surface area contributed by atoms with Gasteiger partial charge in [0, 0.05) is 0 Å². The Bertz CT molecular complexity index is 363. The molecule has 0 aliphatic rings. The van der Waals surface area contributed by atoms with Crippen molar-refractivity contribution in [2.45, 2.75) is 26.7 Å². The molecule has 16 heavy (non-hydrogen) atoms. The fourth-order valence-corrected chi connectivity index (χ4v) is 2.19. The molecule has 0 aliphatic carbocycles. The molecule has 0 radical (unpaired) electrons. The molecule has 1 aromatic rings. The minimum Gasteiger partial charge on any atom is -0.493 e. The predicted molar refractivity (Wildman–Crippen MR) is 66.3 cm³/mol. The second-order valence-corrected chi connectivity index (χ2v) is 4.78. The van der Waals surface area contributed by atoms with Crippen LogP contribution < -0.4 is 8.92 Å². The van der Waals surface area contributed by atoms with Crippen molar-refractivity contribution in [3.8, 4) is 11.5 Å². The van der Waals surface area contributed by atoms with Crippen LogP contribution in [-0.2, 0) is 11.1 Å². The number of hydrogen-bond acceptors (Lipinski definition) is 3. The van der Waals surface area contributed by atoms with Crippen molar-refractivity contribution in [2.75, 3.05) is 12.9 Å². The van der Waals surface area contributed by atoms with Crippen molar-refractivity contribution in [1.29, 1.82) is 0 Å². The normalized spacial score (nSPS) is 12.2. The molecule has 0 aliphatic heterocycles. The standard InChI is InChI=1S/C12H18O3S/c1-4-5-8-16(13)15-12-9-10(2)6-7-11(12)14-3/h6-7,9H,4-5,8H2,1-3H3. The summed E-state index contributed by atoms with van der Waals surface area (Å²) in [5.41, 5.74) is 1.06. The zero-order chi connectivity index (χ0) is 12.0. The Morgan fingerprint density at radius 3 is 2.69 bits per heavy atom. The van der Waals surface area contributed by atoms with Gasteiger partial charge in [-0.3, -0.25) is 0 Å². The van der Waals surface area contributed by atoms with Gasteiger partial charge in [0.2, 0.25) is 11.1 Å². The number of benzene rings is 1. The smallest absolute Gasteiger partial charge is 0.206 e. The van der Waals surface area contributed by atoms with Crippen LogP contribution in [0.4, 0.5) is 0 Å². The third kappa shape index (κ3) is 3.85. The van der Waals surface area contributed by atoms with E-state index in [4.69, 9.17) is 8.92 Å². The number of unbranched alkanes of at least 4 members (excludes halogenated alkanes) is 1. The highest BCUT2D eigenvalue weighted by atomic mass is 32.2. The van der Waals surface area contributed by atoms with Gasteiger partial charge in [-0.05, 0) is 31.0 Å². The average Bonchev–Trinajstić information content (AvgIpc) is 2.27. The van der Waals surface area contributed by atoms with Crippen LogP contribution in [0.25, 0.3) is 0 Å². The van der Waals surface area contributed by atoms with Crippen LogP contribution in [0.15, 0.2) is 18.2 Å². The molecule has 1 aromatic carbocycles. The van der Waals surface area contributed by atoms with E-state index in [0.29, 0.717) is 17.3 Å². The van der Waals surface area contributed by atoms with E-state index in [1.54, 1.807) is 7.11 Å². The van der Waals surface area contributed by atoms with E-state index in [2.05, 4.69) is 6.92 Å². The summed E-state index contributed by atoms with van der Waals surface area (Å²) in [4.78, 5) is 0. The number of methoxy groups -OCH3 is 1. The summed E-state index contributed by atoms with van der Waals surface area (Å²) in [6, 6.07) is 5.59. The maximum absolute atomic E-state index is 11.6. The molecular weight excluding hydrogens is 224 g/mol. The van der Waals surface area contributed by atoms with Gasteiger partial charge in [0.1, 0.15) is 0 Å². The van der Waals surface area contributed by atoms with Gasteiger partial charge >= 0.3 is 0 Å². The third-order valence-electron chi connectivity index (χ3n) is 2.17. The Hall–Kier alpha value is -1.03. The van der Waals surface area contributed by atoms with Gasteiger partial charge in [0.25, 0.3) is 0 Å². The van der Waals surface area contributed by atoms with Gasteiger partial charge in [0.05, 0.1) is 12.9 Å². The van der Waals surface area contributed by atoms with Crippen LogP contribution in [0.3, 0.4) is 0 Å². The first-order valence-electron chi connectivity index (χ1n) is 5.38. The van der Waals surface area contributed by atoms with Gasteiger partial charge in [-0.1, -0.05) is 19.4 Å². The molecule has 90 valence electrons. The van der Waals surface area contributed by atoms with E-state index < -0.39 is 11.1 Å². The Morgan fingerprint density at radius 1 is 1.31 bits per heavy atom. The first-order chi connectivity index (χ1) is 7.67. The van der Waals surface area contributed by atoms with E-state index in [0.717, 1.165) is 18.4 Å². The van der Waals surface area contributed by atoms with E-state index >= 15 is 0 Å². The molecule has 0 amide bonds. The van der Waals surface area contributed by atoms with E-state index in [-0.39, 0.29) is 0 Å². The first-order valence-corrected chi connectivity index (χ1v) is 6.63. The van der Waals surface area contributed by atoms with E-state index in [9.17, 15) is 4.21 Å². The number of ether oxygens (including phenoxy) is 1. The van der Waals surface area contributed by atoms with Gasteiger partial charge in [-0.15, -0.1) is 0 Å². The van der Waals surface area contributed by atoms with Gasteiger partial charge in [-0.2, -0.15) is 0 Å². The predicted octanol–water partition coefficient (Wildman–Crippen LogP) is 2.85. The minimum atomic E-state index is -1.27. The summed E-state index contributed by atoms with van der Waals surface area (Å²) in [5.74, 6) is 1.74. The topological polar surface area (TPSA) is 35.5 Å². The maximum Gasteiger partial charge on any atom is 0.206 e. The van der Waals surface area contributed by atoms with Crippen molar-refractivity contribution in [2.24, 2.45) is 0 Å². The summed E-state index contributed by atoms with van der Waals surface area (Å²) < 4.78 is 22.1. The quantitative estimate of drug-likeness (QED) is 0.769. The molecule has 1 atom stereocenters. The van der Waals surface area contributed by atoms with Crippen molar-refractivity contribution < 1.29 is 13.1 Å². The Labute approximate surface area is 99.4 Å². The summed E-state index contributed by atoms with van der Waals surface area (Å²) in [6.07, 6.45) is 1.92. The summed E-state index contributed by atoms with van der Waals surface area (Å²) >= 11 is -1.27. The van der Waals surface area contributed by atoms with Crippen LogP contribution in [0.5, 0.6) is 11.5 Å². The lowest BCUT2D eigenvalue weighted by Crippen LogP contribution is -2.06. The lowest BCUT2D eigenvalue weighted by molar-refractivity contribution is 0.396. The van der Waals surface area contributed by atoms with Gasteiger partial charge in [0.15, 0.2) is 11.5 Å². The largest absolute Gasteiger partial charge is 0.493 e. The van der Waals surface area contributed by atoms with Crippen molar-refractivity contribution in [1.82, 2.24) is 0 Å². The monoisotopic (exact) mass is 242 g/mol. The van der Waals surface area contributed by atoms with E-state index in [1.165, 1.54) is 0 Å². The summed E-state index contributed by atoms with van der Waals surface area (Å²) in [7, 11) is 1.58. The molecule has 0 fully saturated rings. The molecule has 1 rings (SSSR count). The molecule has 0 aromatic heterocycles. The molecule has 0 spiro atoms. The first kappa shape index (κ1) is 13.0. The average molecular weight is 242 g/mol. The fourth-order valence-electron chi connectivity index (χ4n) is 1.25. The SMILES string of the molecule is CCCCS(=O)Oc1cc(C)ccc1OC. The molecule has 0 bridgehead atoms. The Kier molecular flexibility index (Phi) is 5.32. The fraction of sp³-hybridized carbons (Fsp3) is 0.500. The molecular formula is C12H18O3S. The minimum absolute atomic E-state index is 0.553. The Morgan fingerprint density at radius 2 is 2.06 bits per heavy atom. The molecule has 0 N–H and O–H groups in total. The second kappa shape index (κ2) is 6.53. The Balaban J connectivity index is 2.71. The molecule has 0 saturated heterocycles. The van der Waals surface area contributed by atoms with Crippen LogP contribution in [0.2, 0.25) is 0 Å². The van der Waals surface area contributed by atoms with Crippen LogP contribution >= 0.6 is 0 Å². The second-order valence-electron chi connectivity index (χ2n) is 3.60. The van der Waals surface area contributed by atoms with Crippen LogP contribution in [-0.4, -0.2) is 17.1 Å². The van der Waals surface area contributed by atoms with Crippen molar-refractivity contribution >= 4 is 11.1 Å². The molecule has 3 nitrogen and oxygen atoms in total. The molecule has 0 saturated carbocycles. The lowest BCUT2D eigenvalue weighted by Gasteiger charge is -2.09. The van der Waals surface area contributed by atoms with Crippen LogP contribution in [0, 0.1) is 6.92 Å². The summed E-state index contributed by atoms with van der Waals surface area (Å²) in [6.45, 7) is 4.02. The van der Waals surface area contributed by atoms with Crippen LogP contribution in [0.1, 0.15) is 25.3 Å². The molecule has 4 heteroatoms. The highest BCUT2D eigenvalue weighted by Gasteiger charge is 2.08. The molecule has 0 heterocycles. The zero-order valence-corrected chi connectivity index (χ0v) is 10.8. The van der Waals surface area contributed by atoms with Crippen molar-refractivity contribution in [3.05, 3.63) is 23.8 Å². The number of rotatable bonds is 6. The molecule has 1 unspecified atom stereocenters. The summed E-state index contributed by atoms with van der Waals surface area (Å²) in [5, 5.41) is 0. The van der Waals surface area contributed by atoms with Crippen molar-refractivity contribution in [3.63, 3.8) is 0 Å². The number of aryl methyl sites for hydroxylation is 1. The third-order valence-corrected chi connectivity index (χ3v) is 3.15. The highest BCUT2D eigenvalue weighted by molar-refractivity contribution is 7.80. The highest BCUT2D eigenvalue weighted by Crippen LogP contribution is 2.28. The maximum atomic E-state index is 11.6. The lowest BCUT2D eigenvalue weighted by atomic mass is 10.2. The van der Waals surface area contributed by atoms with Gasteiger partial charge < -0.3 is 8.92 Å². The van der Waals surface area contributed by atoms with Gasteiger partial charge in [-0.25, -0.2) is 4.21 Å². The zero-order valence-electron chi connectivity index (χ0n) is 9.99. The van der Waals surface area contributed by atoms with E-state index in [1.807, 2.05) is 25.1 Å². The number of hydrogen-bond donors (Lipinski definition) is 0.